The number of carbonyl (C=O) groups excluding carboxylic acids is 2. The van der Waals surface area contributed by atoms with E-state index in [2.05, 4.69) is 19.9 Å². The van der Waals surface area contributed by atoms with Crippen LogP contribution in [0.3, 0.4) is 0 Å². The molecule has 4 rings (SSSR count). The molecule has 164 valence electrons. The van der Waals surface area contributed by atoms with E-state index in [4.69, 9.17) is 9.47 Å². The lowest BCUT2D eigenvalue weighted by Gasteiger charge is -2.56. The van der Waals surface area contributed by atoms with Crippen LogP contribution in [0.1, 0.15) is 59.3 Å². The highest BCUT2D eigenvalue weighted by atomic mass is 16.5. The van der Waals surface area contributed by atoms with Crippen LogP contribution in [-0.2, 0) is 19.1 Å². The molecule has 0 aromatic heterocycles. The summed E-state index contributed by atoms with van der Waals surface area (Å²) in [5.41, 5.74) is 3.06. The minimum Gasteiger partial charge on any atom is -0.501 e. The van der Waals surface area contributed by atoms with Crippen LogP contribution in [0.15, 0.2) is 34.6 Å². The highest BCUT2D eigenvalue weighted by Crippen LogP contribution is 2.65. The van der Waals surface area contributed by atoms with Gasteiger partial charge >= 0.3 is 5.97 Å². The fourth-order valence-corrected chi connectivity index (χ4v) is 7.16. The first-order valence-corrected chi connectivity index (χ1v) is 11.2. The molecule has 5 heteroatoms. The Kier molecular flexibility index (Phi) is 5.46. The van der Waals surface area contributed by atoms with E-state index in [1.807, 2.05) is 6.08 Å². The second kappa shape index (κ2) is 7.67. The summed E-state index contributed by atoms with van der Waals surface area (Å²) >= 11 is 0. The molecule has 0 amide bonds. The molecule has 2 fully saturated rings. The van der Waals surface area contributed by atoms with Gasteiger partial charge in [0.2, 0.25) is 0 Å². The smallest absolute Gasteiger partial charge is 0.302 e. The van der Waals surface area contributed by atoms with Crippen LogP contribution < -0.4 is 0 Å². The molecule has 5 atom stereocenters. The minimum atomic E-state index is -0.280. The summed E-state index contributed by atoms with van der Waals surface area (Å²) < 4.78 is 10.7. The van der Waals surface area contributed by atoms with Crippen LogP contribution in [0, 0.1) is 28.6 Å². The summed E-state index contributed by atoms with van der Waals surface area (Å²) in [6.07, 6.45) is 9.19. The van der Waals surface area contributed by atoms with Crippen molar-refractivity contribution in [3.8, 4) is 0 Å². The van der Waals surface area contributed by atoms with Gasteiger partial charge in [0.05, 0.1) is 19.5 Å². The van der Waals surface area contributed by atoms with Gasteiger partial charge in [-0.1, -0.05) is 19.4 Å². The van der Waals surface area contributed by atoms with Crippen molar-refractivity contribution in [1.29, 1.82) is 0 Å². The Morgan fingerprint density at radius 3 is 2.73 bits per heavy atom. The Hall–Kier alpha value is -1.88. The number of allylic oxidation sites excluding steroid dienone is 4. The molecule has 4 aliphatic carbocycles. The Bertz CT molecular complexity index is 850. The average molecular weight is 415 g/mol. The maximum absolute atomic E-state index is 13.7. The van der Waals surface area contributed by atoms with Crippen molar-refractivity contribution in [2.24, 2.45) is 28.6 Å². The summed E-state index contributed by atoms with van der Waals surface area (Å²) in [6.45, 7) is 6.19. The molecule has 0 aliphatic heterocycles. The molecule has 0 radical (unpaired) electrons. The third-order valence-corrected chi connectivity index (χ3v) is 8.54. The molecule has 0 aromatic carbocycles. The van der Waals surface area contributed by atoms with Crippen LogP contribution in [-0.4, -0.2) is 37.2 Å². The van der Waals surface area contributed by atoms with E-state index in [1.165, 1.54) is 12.5 Å². The predicted molar refractivity (Wildman–Crippen MR) is 113 cm³/mol. The standard InChI is InChI=1S/C25H34O5/c1-15(27)30-10-8-17-5-6-20-19-11-16(14-26)21-12-18(29-4)7-9-24(21,2)23(19)22(28)13-25(17,20)3/h8,12,19-20,23,26H,5-7,9-11,13-14H2,1-4H3/t19-,20-,23+,24-,25+/m0/s1. The van der Waals surface area contributed by atoms with Crippen LogP contribution in [0.4, 0.5) is 0 Å². The van der Waals surface area contributed by atoms with Gasteiger partial charge in [-0.25, -0.2) is 0 Å². The Morgan fingerprint density at radius 2 is 2.07 bits per heavy atom. The molecular weight excluding hydrogens is 380 g/mol. The normalized spacial score (nSPS) is 39.2. The third kappa shape index (κ3) is 3.17. The lowest BCUT2D eigenvalue weighted by atomic mass is 9.47. The number of methoxy groups -OCH3 is 1. The molecule has 0 unspecified atom stereocenters. The number of ketones is 1. The molecule has 0 spiro atoms. The number of esters is 1. The van der Waals surface area contributed by atoms with Crippen LogP contribution in [0.25, 0.3) is 0 Å². The SMILES string of the molecule is COC1=CC2=C(CO)C[C@@H]3[C@H](C(=O)C[C@]4(C)C(=CCOC(C)=O)CC[C@@H]34)[C@@]2(C)CC1. The van der Waals surface area contributed by atoms with E-state index >= 15 is 0 Å². The van der Waals surface area contributed by atoms with Crippen molar-refractivity contribution >= 4 is 11.8 Å². The highest BCUT2D eigenvalue weighted by molar-refractivity contribution is 5.86. The minimum absolute atomic E-state index is 0.00310. The second-order valence-corrected chi connectivity index (χ2v) is 9.99. The van der Waals surface area contributed by atoms with E-state index in [-0.39, 0.29) is 41.8 Å². The monoisotopic (exact) mass is 414 g/mol. The summed E-state index contributed by atoms with van der Waals surface area (Å²) in [6, 6.07) is 0. The zero-order valence-corrected chi connectivity index (χ0v) is 18.6. The maximum atomic E-state index is 13.7. The Morgan fingerprint density at radius 1 is 1.30 bits per heavy atom. The average Bonchev–Trinajstić information content (AvgIpc) is 3.02. The van der Waals surface area contributed by atoms with Gasteiger partial charge in [-0.3, -0.25) is 9.59 Å². The van der Waals surface area contributed by atoms with Gasteiger partial charge in [0.25, 0.3) is 0 Å². The second-order valence-electron chi connectivity index (χ2n) is 9.99. The van der Waals surface area contributed by atoms with E-state index in [0.29, 0.717) is 18.1 Å². The molecule has 0 aromatic rings. The molecular formula is C25H34O5. The number of Topliss-reactive ketones (excluding diaryl/α,β-unsaturated/α-hetero) is 1. The zero-order chi connectivity index (χ0) is 21.7. The fourth-order valence-electron chi connectivity index (χ4n) is 7.16. The van der Waals surface area contributed by atoms with E-state index < -0.39 is 0 Å². The number of hydrogen-bond acceptors (Lipinski definition) is 5. The quantitative estimate of drug-likeness (QED) is 0.553. The van der Waals surface area contributed by atoms with Crippen molar-refractivity contribution in [2.75, 3.05) is 20.3 Å². The number of aliphatic hydroxyl groups excluding tert-OH is 1. The summed E-state index contributed by atoms with van der Waals surface area (Å²) in [5.74, 6) is 1.68. The fraction of sp³-hybridized carbons (Fsp3) is 0.680. The first-order chi connectivity index (χ1) is 14.2. The summed E-state index contributed by atoms with van der Waals surface area (Å²) in [5, 5.41) is 10.2. The van der Waals surface area contributed by atoms with Crippen molar-refractivity contribution in [3.05, 3.63) is 34.6 Å². The van der Waals surface area contributed by atoms with Gasteiger partial charge in [0.15, 0.2) is 0 Å². The topological polar surface area (TPSA) is 72.8 Å². The highest BCUT2D eigenvalue weighted by Gasteiger charge is 2.61. The van der Waals surface area contributed by atoms with Gasteiger partial charge < -0.3 is 14.6 Å². The molecule has 4 aliphatic rings. The molecule has 2 saturated carbocycles. The molecule has 30 heavy (non-hydrogen) atoms. The molecule has 0 bridgehead atoms. The van der Waals surface area contributed by atoms with Crippen molar-refractivity contribution < 1.29 is 24.2 Å². The van der Waals surface area contributed by atoms with Crippen molar-refractivity contribution in [3.63, 3.8) is 0 Å². The van der Waals surface area contributed by atoms with Crippen LogP contribution in [0.2, 0.25) is 0 Å². The van der Waals surface area contributed by atoms with Crippen molar-refractivity contribution in [2.45, 2.75) is 59.3 Å². The molecule has 5 nitrogen and oxygen atoms in total. The van der Waals surface area contributed by atoms with Gasteiger partial charge in [-0.15, -0.1) is 0 Å². The molecule has 1 N–H and O–H groups in total. The predicted octanol–water partition coefficient (Wildman–Crippen LogP) is 4.12. The summed E-state index contributed by atoms with van der Waals surface area (Å²) in [7, 11) is 1.69. The van der Waals surface area contributed by atoms with E-state index in [9.17, 15) is 14.7 Å². The Balaban J connectivity index is 1.71. The lowest BCUT2D eigenvalue weighted by molar-refractivity contribution is -0.141. The number of carbonyl (C=O) groups is 2. The van der Waals surface area contributed by atoms with Crippen molar-refractivity contribution in [1.82, 2.24) is 0 Å². The van der Waals surface area contributed by atoms with Crippen LogP contribution in [0.5, 0.6) is 0 Å². The first kappa shape index (κ1) is 21.4. The largest absolute Gasteiger partial charge is 0.501 e. The zero-order valence-electron chi connectivity index (χ0n) is 18.6. The van der Waals surface area contributed by atoms with Crippen LogP contribution >= 0.6 is 0 Å². The van der Waals surface area contributed by atoms with Gasteiger partial charge in [-0.2, -0.15) is 0 Å². The molecule has 0 heterocycles. The van der Waals surface area contributed by atoms with Gasteiger partial charge in [-0.05, 0) is 66.2 Å². The number of hydrogen-bond donors (Lipinski definition) is 1. The number of fused-ring (bicyclic) bond motifs is 5. The van der Waals surface area contributed by atoms with E-state index in [1.54, 1.807) is 7.11 Å². The van der Waals surface area contributed by atoms with Gasteiger partial charge in [0.1, 0.15) is 12.4 Å². The first-order valence-electron chi connectivity index (χ1n) is 11.2. The number of rotatable bonds is 4. The van der Waals surface area contributed by atoms with E-state index in [0.717, 1.165) is 49.0 Å². The number of aliphatic hydroxyl groups is 1. The maximum Gasteiger partial charge on any atom is 0.302 e. The lowest BCUT2D eigenvalue weighted by Crippen LogP contribution is -2.54. The Labute approximate surface area is 179 Å². The number of ether oxygens (including phenoxy) is 2. The summed E-state index contributed by atoms with van der Waals surface area (Å²) in [4.78, 5) is 24.8. The molecule has 0 saturated heterocycles. The third-order valence-electron chi connectivity index (χ3n) is 8.54. The van der Waals surface area contributed by atoms with Gasteiger partial charge in [0, 0.05) is 31.1 Å².